The highest BCUT2D eigenvalue weighted by molar-refractivity contribution is 7.98. The topological polar surface area (TPSA) is 101 Å². The Kier molecular flexibility index (Phi) is 4.28. The molecule has 1 atom stereocenters. The van der Waals surface area contributed by atoms with Crippen molar-refractivity contribution in [1.82, 2.24) is 4.98 Å². The lowest BCUT2D eigenvalue weighted by Gasteiger charge is -2.11. The standard InChI is InChI=1S/C12H15N3O3S/c1-19-5-4-8(13)11(16)14-7-2-3-10-9(6-7)15-12(17)18-10/h2-3,6,8H,4-5,13H2,1H3,(H,14,16)(H,15,17)/t8-/m1/s1. The molecule has 0 radical (unpaired) electrons. The number of nitrogens with two attached hydrogens (primary N) is 1. The van der Waals surface area contributed by atoms with Crippen molar-refractivity contribution in [2.45, 2.75) is 12.5 Å². The number of amides is 1. The zero-order valence-corrected chi connectivity index (χ0v) is 11.3. The summed E-state index contributed by atoms with van der Waals surface area (Å²) in [5.74, 6) is 0.0808. The number of aromatic nitrogens is 1. The zero-order chi connectivity index (χ0) is 13.8. The molecule has 0 fully saturated rings. The third-order valence-electron chi connectivity index (χ3n) is 2.66. The lowest BCUT2D eigenvalue weighted by Crippen LogP contribution is -2.36. The number of carbonyl (C=O) groups is 1. The summed E-state index contributed by atoms with van der Waals surface area (Å²) in [7, 11) is 0. The van der Waals surface area contributed by atoms with E-state index in [1.807, 2.05) is 6.26 Å². The molecule has 2 aromatic rings. The summed E-state index contributed by atoms with van der Waals surface area (Å²) in [4.78, 5) is 25.4. The highest BCUT2D eigenvalue weighted by Crippen LogP contribution is 2.16. The Morgan fingerprint density at radius 3 is 3.11 bits per heavy atom. The number of rotatable bonds is 5. The zero-order valence-electron chi connectivity index (χ0n) is 10.4. The minimum absolute atomic E-state index is 0.237. The number of hydrogen-bond donors (Lipinski definition) is 3. The number of carbonyl (C=O) groups excluding carboxylic acids is 1. The van der Waals surface area contributed by atoms with E-state index in [0.717, 1.165) is 5.75 Å². The van der Waals surface area contributed by atoms with Crippen LogP contribution in [0.2, 0.25) is 0 Å². The van der Waals surface area contributed by atoms with Crippen LogP contribution in [0.1, 0.15) is 6.42 Å². The fourth-order valence-electron chi connectivity index (χ4n) is 1.64. The van der Waals surface area contributed by atoms with Crippen LogP contribution in [0.4, 0.5) is 5.69 Å². The second-order valence-electron chi connectivity index (χ2n) is 4.10. The van der Waals surface area contributed by atoms with E-state index in [1.54, 1.807) is 30.0 Å². The molecule has 1 aromatic heterocycles. The van der Waals surface area contributed by atoms with Gasteiger partial charge in [-0.3, -0.25) is 9.78 Å². The van der Waals surface area contributed by atoms with Crippen molar-refractivity contribution >= 4 is 34.5 Å². The Labute approximate surface area is 113 Å². The Balaban J connectivity index is 2.08. The predicted octanol–water partition coefficient (Wildman–Crippen LogP) is 1.14. The van der Waals surface area contributed by atoms with Crippen LogP contribution in [-0.2, 0) is 4.79 Å². The summed E-state index contributed by atoms with van der Waals surface area (Å²) in [5.41, 5.74) is 7.34. The Morgan fingerprint density at radius 2 is 2.37 bits per heavy atom. The molecule has 7 heteroatoms. The van der Waals surface area contributed by atoms with Gasteiger partial charge in [-0.15, -0.1) is 0 Å². The smallest absolute Gasteiger partial charge is 0.408 e. The molecular weight excluding hydrogens is 266 g/mol. The number of anilines is 1. The molecule has 0 saturated heterocycles. The maximum Gasteiger partial charge on any atom is 0.417 e. The number of oxazole rings is 1. The summed E-state index contributed by atoms with van der Waals surface area (Å²) in [6.07, 6.45) is 2.59. The van der Waals surface area contributed by atoms with Gasteiger partial charge in [-0.25, -0.2) is 4.79 Å². The number of H-pyrrole nitrogens is 1. The third-order valence-corrected chi connectivity index (χ3v) is 3.30. The van der Waals surface area contributed by atoms with E-state index in [-0.39, 0.29) is 5.91 Å². The van der Waals surface area contributed by atoms with Crippen molar-refractivity contribution in [2.75, 3.05) is 17.3 Å². The molecule has 0 spiro atoms. The van der Waals surface area contributed by atoms with E-state index in [1.165, 1.54) is 0 Å². The lowest BCUT2D eigenvalue weighted by atomic mass is 10.2. The molecule has 6 nitrogen and oxygen atoms in total. The predicted molar refractivity (Wildman–Crippen MR) is 76.4 cm³/mol. The van der Waals surface area contributed by atoms with Gasteiger partial charge in [-0.1, -0.05) is 0 Å². The summed E-state index contributed by atoms with van der Waals surface area (Å²) in [6.45, 7) is 0. The molecule has 4 N–H and O–H groups in total. The largest absolute Gasteiger partial charge is 0.417 e. The first-order chi connectivity index (χ1) is 9.10. The Bertz CT molecular complexity index is 634. The van der Waals surface area contributed by atoms with Gasteiger partial charge in [0.05, 0.1) is 11.6 Å². The van der Waals surface area contributed by atoms with Gasteiger partial charge in [0.1, 0.15) is 0 Å². The van der Waals surface area contributed by atoms with Crippen LogP contribution >= 0.6 is 11.8 Å². The summed E-state index contributed by atoms with van der Waals surface area (Å²) in [6, 6.07) is 4.39. The molecule has 1 amide bonds. The highest BCUT2D eigenvalue weighted by Gasteiger charge is 2.13. The monoisotopic (exact) mass is 281 g/mol. The van der Waals surface area contributed by atoms with E-state index in [9.17, 15) is 9.59 Å². The molecule has 0 aliphatic heterocycles. The second kappa shape index (κ2) is 5.94. The third kappa shape index (κ3) is 3.39. The van der Waals surface area contributed by atoms with E-state index in [2.05, 4.69) is 10.3 Å². The van der Waals surface area contributed by atoms with Gasteiger partial charge < -0.3 is 15.5 Å². The van der Waals surface area contributed by atoms with Crippen molar-refractivity contribution in [3.63, 3.8) is 0 Å². The fraction of sp³-hybridized carbons (Fsp3) is 0.333. The average Bonchev–Trinajstić information content (AvgIpc) is 2.75. The maximum atomic E-state index is 11.8. The SMILES string of the molecule is CSCC[C@@H](N)C(=O)Nc1ccc2oc(=O)[nH]c2c1. The van der Waals surface area contributed by atoms with Crippen molar-refractivity contribution in [1.29, 1.82) is 0 Å². The normalized spacial score (nSPS) is 12.5. The van der Waals surface area contributed by atoms with E-state index < -0.39 is 11.8 Å². The lowest BCUT2D eigenvalue weighted by molar-refractivity contribution is -0.117. The minimum atomic E-state index is -0.536. The highest BCUT2D eigenvalue weighted by atomic mass is 32.2. The van der Waals surface area contributed by atoms with Crippen LogP contribution in [0.5, 0.6) is 0 Å². The molecule has 19 heavy (non-hydrogen) atoms. The number of fused-ring (bicyclic) bond motifs is 1. The first-order valence-electron chi connectivity index (χ1n) is 5.78. The maximum absolute atomic E-state index is 11.8. The second-order valence-corrected chi connectivity index (χ2v) is 5.09. The van der Waals surface area contributed by atoms with Crippen molar-refractivity contribution in [2.24, 2.45) is 5.73 Å². The van der Waals surface area contributed by atoms with Crippen molar-refractivity contribution in [3.8, 4) is 0 Å². The summed E-state index contributed by atoms with van der Waals surface area (Å²) >= 11 is 1.65. The van der Waals surface area contributed by atoms with Gasteiger partial charge >= 0.3 is 5.76 Å². The Hall–Kier alpha value is -1.73. The van der Waals surface area contributed by atoms with Gasteiger partial charge in [-0.05, 0) is 36.6 Å². The van der Waals surface area contributed by atoms with Gasteiger partial charge in [0.25, 0.3) is 0 Å². The van der Waals surface area contributed by atoms with Gasteiger partial charge in [0.2, 0.25) is 5.91 Å². The van der Waals surface area contributed by atoms with Crippen LogP contribution in [0, 0.1) is 0 Å². The van der Waals surface area contributed by atoms with Gasteiger partial charge in [-0.2, -0.15) is 11.8 Å². The summed E-state index contributed by atoms with van der Waals surface area (Å²) in [5, 5.41) is 2.72. The molecule has 0 aliphatic carbocycles. The van der Waals surface area contributed by atoms with Crippen LogP contribution < -0.4 is 16.8 Å². The molecule has 0 bridgehead atoms. The number of nitrogens with one attached hydrogen (secondary N) is 2. The molecule has 1 aromatic carbocycles. The minimum Gasteiger partial charge on any atom is -0.408 e. The molecule has 102 valence electrons. The van der Waals surface area contributed by atoms with E-state index in [0.29, 0.717) is 23.2 Å². The molecule has 0 saturated carbocycles. The number of hydrogen-bond acceptors (Lipinski definition) is 5. The molecule has 1 heterocycles. The molecule has 0 aliphatic rings. The van der Waals surface area contributed by atoms with Crippen LogP contribution in [-0.4, -0.2) is 28.9 Å². The first-order valence-corrected chi connectivity index (χ1v) is 7.18. The van der Waals surface area contributed by atoms with Gasteiger partial charge in [0, 0.05) is 5.69 Å². The molecular formula is C12H15N3O3S. The van der Waals surface area contributed by atoms with Crippen molar-refractivity contribution in [3.05, 3.63) is 28.7 Å². The number of aromatic amines is 1. The van der Waals surface area contributed by atoms with Gasteiger partial charge in [0.15, 0.2) is 5.58 Å². The molecule has 0 unspecified atom stereocenters. The van der Waals surface area contributed by atoms with Crippen LogP contribution in [0.15, 0.2) is 27.4 Å². The fourth-order valence-corrected chi connectivity index (χ4v) is 2.13. The van der Waals surface area contributed by atoms with Crippen molar-refractivity contribution < 1.29 is 9.21 Å². The number of thioether (sulfide) groups is 1. The Morgan fingerprint density at radius 1 is 1.58 bits per heavy atom. The van der Waals surface area contributed by atoms with E-state index >= 15 is 0 Å². The van der Waals surface area contributed by atoms with Crippen LogP contribution in [0.3, 0.4) is 0 Å². The number of benzene rings is 1. The molecule has 2 rings (SSSR count). The summed E-state index contributed by atoms with van der Waals surface area (Å²) < 4.78 is 4.88. The quantitative estimate of drug-likeness (QED) is 0.763. The first kappa shape index (κ1) is 13.7. The van der Waals surface area contributed by atoms with E-state index in [4.69, 9.17) is 10.2 Å². The average molecular weight is 281 g/mol. The van der Waals surface area contributed by atoms with Crippen LogP contribution in [0.25, 0.3) is 11.1 Å².